The van der Waals surface area contributed by atoms with Gasteiger partial charge in [0.1, 0.15) is 0 Å². The summed E-state index contributed by atoms with van der Waals surface area (Å²) in [7, 11) is -0.195. The van der Waals surface area contributed by atoms with Crippen LogP contribution in [0.25, 0.3) is 0 Å². The molecule has 6 nitrogen and oxygen atoms in total. The predicted octanol–water partition coefficient (Wildman–Crippen LogP) is -1.26. The zero-order valence-corrected chi connectivity index (χ0v) is 10.7. The number of carbonyl (C=O) groups excluding carboxylic acids is 1. The van der Waals surface area contributed by atoms with Crippen LogP contribution < -0.4 is 10.0 Å². The Hall–Kier alpha value is -0.660. The van der Waals surface area contributed by atoms with Gasteiger partial charge in [-0.05, 0) is 19.9 Å². The van der Waals surface area contributed by atoms with E-state index in [1.807, 2.05) is 0 Å². The third-order valence-electron chi connectivity index (χ3n) is 2.61. The van der Waals surface area contributed by atoms with Gasteiger partial charge in [-0.15, -0.1) is 0 Å². The van der Waals surface area contributed by atoms with Crippen LogP contribution in [0, 0.1) is 0 Å². The Morgan fingerprint density at radius 2 is 2.12 bits per heavy atom. The highest BCUT2D eigenvalue weighted by molar-refractivity contribution is 7.90. The smallest absolute Gasteiger partial charge is 0.239 e. The van der Waals surface area contributed by atoms with Crippen molar-refractivity contribution >= 4 is 15.9 Å². The van der Waals surface area contributed by atoms with Crippen LogP contribution in [0.3, 0.4) is 0 Å². The topological polar surface area (TPSA) is 78.5 Å². The van der Waals surface area contributed by atoms with Crippen LogP contribution in [-0.4, -0.2) is 57.7 Å². The first-order valence-electron chi connectivity index (χ1n) is 5.27. The normalized spacial score (nSPS) is 23.1. The number of carbonyl (C=O) groups is 1. The summed E-state index contributed by atoms with van der Waals surface area (Å²) in [5, 5.41) is 2.56. The number of sulfonamides is 1. The minimum absolute atomic E-state index is 0.241. The van der Waals surface area contributed by atoms with Gasteiger partial charge in [0.15, 0.2) is 0 Å². The van der Waals surface area contributed by atoms with Crippen molar-refractivity contribution in [2.75, 3.05) is 27.2 Å². The molecule has 1 rings (SSSR count). The van der Waals surface area contributed by atoms with Crippen molar-refractivity contribution in [3.63, 3.8) is 0 Å². The van der Waals surface area contributed by atoms with Crippen LogP contribution in [0.1, 0.15) is 13.3 Å². The highest BCUT2D eigenvalue weighted by atomic mass is 32.2. The summed E-state index contributed by atoms with van der Waals surface area (Å²) < 4.78 is 26.1. The van der Waals surface area contributed by atoms with E-state index in [9.17, 15) is 13.2 Å². The van der Waals surface area contributed by atoms with E-state index in [0.29, 0.717) is 19.5 Å². The largest absolute Gasteiger partial charge is 0.347 e. The first kappa shape index (κ1) is 13.4. The average molecular weight is 249 g/mol. The van der Waals surface area contributed by atoms with Gasteiger partial charge in [-0.3, -0.25) is 4.79 Å². The van der Waals surface area contributed by atoms with Gasteiger partial charge in [-0.25, -0.2) is 13.1 Å². The van der Waals surface area contributed by atoms with Crippen LogP contribution in [0.2, 0.25) is 0 Å². The van der Waals surface area contributed by atoms with Gasteiger partial charge >= 0.3 is 0 Å². The Balaban J connectivity index is 2.62. The molecule has 1 amide bonds. The molecule has 0 spiro atoms. The molecule has 0 aromatic heterocycles. The van der Waals surface area contributed by atoms with Gasteiger partial charge in [0.2, 0.25) is 15.9 Å². The molecule has 1 fully saturated rings. The van der Waals surface area contributed by atoms with Crippen molar-refractivity contribution in [1.82, 2.24) is 14.9 Å². The zero-order valence-electron chi connectivity index (χ0n) is 9.86. The molecule has 2 unspecified atom stereocenters. The van der Waals surface area contributed by atoms with Crippen molar-refractivity contribution < 1.29 is 13.2 Å². The van der Waals surface area contributed by atoms with E-state index in [1.165, 1.54) is 4.90 Å². The molecular weight excluding hydrogens is 230 g/mol. The van der Waals surface area contributed by atoms with Crippen LogP contribution in [0.15, 0.2) is 0 Å². The van der Waals surface area contributed by atoms with Crippen LogP contribution in [0.5, 0.6) is 0 Å². The van der Waals surface area contributed by atoms with E-state index in [1.54, 1.807) is 21.0 Å². The first-order chi connectivity index (χ1) is 7.34. The third-order valence-corrected chi connectivity index (χ3v) is 4.57. The van der Waals surface area contributed by atoms with Crippen molar-refractivity contribution in [2.24, 2.45) is 0 Å². The number of hydrogen-bond donors (Lipinski definition) is 2. The molecule has 0 aromatic rings. The highest BCUT2D eigenvalue weighted by Gasteiger charge is 2.31. The Bertz CT molecular complexity index is 347. The molecule has 0 aliphatic carbocycles. The molecule has 16 heavy (non-hydrogen) atoms. The van der Waals surface area contributed by atoms with Crippen LogP contribution in [-0.2, 0) is 14.8 Å². The number of nitrogens with zero attached hydrogens (tertiary/aromatic N) is 1. The highest BCUT2D eigenvalue weighted by Crippen LogP contribution is 2.09. The lowest BCUT2D eigenvalue weighted by Crippen LogP contribution is -2.47. The monoisotopic (exact) mass is 249 g/mol. The molecule has 2 atom stereocenters. The van der Waals surface area contributed by atoms with Gasteiger partial charge in [-0.1, -0.05) is 0 Å². The number of likely N-dealkylation sites (N-methyl/N-ethyl adjacent to an activating group) is 1. The number of rotatable bonds is 4. The van der Waals surface area contributed by atoms with Gasteiger partial charge < -0.3 is 10.2 Å². The van der Waals surface area contributed by atoms with Crippen LogP contribution >= 0.6 is 0 Å². The summed E-state index contributed by atoms with van der Waals surface area (Å²) in [6.07, 6.45) is 0.595. The molecular formula is C9H19N3O3S. The first-order valence-corrected chi connectivity index (χ1v) is 6.82. The van der Waals surface area contributed by atoms with E-state index < -0.39 is 21.3 Å². The molecule has 1 aliphatic rings. The van der Waals surface area contributed by atoms with E-state index >= 15 is 0 Å². The van der Waals surface area contributed by atoms with E-state index in [2.05, 4.69) is 10.0 Å². The molecule has 94 valence electrons. The molecule has 0 radical (unpaired) electrons. The molecule has 1 heterocycles. The number of hydrogen-bond acceptors (Lipinski definition) is 4. The Morgan fingerprint density at radius 1 is 1.50 bits per heavy atom. The minimum Gasteiger partial charge on any atom is -0.347 e. The maximum atomic E-state index is 11.8. The van der Waals surface area contributed by atoms with Gasteiger partial charge in [0, 0.05) is 20.6 Å². The third kappa shape index (κ3) is 3.16. The van der Waals surface area contributed by atoms with E-state index in [4.69, 9.17) is 0 Å². The van der Waals surface area contributed by atoms with Gasteiger partial charge in [0.25, 0.3) is 0 Å². The van der Waals surface area contributed by atoms with Gasteiger partial charge in [-0.2, -0.15) is 0 Å². The SMILES string of the molecule is CC(NS(=O)(=O)C1CCNC1)C(=O)N(C)C. The fourth-order valence-electron chi connectivity index (χ4n) is 1.67. The molecule has 0 bridgehead atoms. The second kappa shape index (κ2) is 5.11. The molecule has 0 aromatic carbocycles. The summed E-state index contributed by atoms with van der Waals surface area (Å²) in [6.45, 7) is 2.72. The Labute approximate surface area is 96.4 Å². The van der Waals surface area contributed by atoms with E-state index in [-0.39, 0.29) is 5.91 Å². The lowest BCUT2D eigenvalue weighted by atomic mass is 10.3. The van der Waals surface area contributed by atoms with Crippen molar-refractivity contribution in [3.8, 4) is 0 Å². The Morgan fingerprint density at radius 3 is 2.56 bits per heavy atom. The molecule has 1 saturated heterocycles. The van der Waals surface area contributed by atoms with Crippen molar-refractivity contribution in [3.05, 3.63) is 0 Å². The van der Waals surface area contributed by atoms with E-state index in [0.717, 1.165) is 0 Å². The summed E-state index contributed by atoms with van der Waals surface area (Å²) in [5.41, 5.74) is 0. The van der Waals surface area contributed by atoms with Crippen LogP contribution in [0.4, 0.5) is 0 Å². The molecule has 0 saturated carbocycles. The number of amides is 1. The quantitative estimate of drug-likeness (QED) is 0.652. The second-order valence-corrected chi connectivity index (χ2v) is 6.22. The minimum atomic E-state index is -3.40. The molecule has 2 N–H and O–H groups in total. The fraction of sp³-hybridized carbons (Fsp3) is 0.889. The standard InChI is InChI=1S/C9H19N3O3S/c1-7(9(13)12(2)3)11-16(14,15)8-4-5-10-6-8/h7-8,10-11H,4-6H2,1-3H3. The zero-order chi connectivity index (χ0) is 12.3. The summed E-state index contributed by atoms with van der Waals surface area (Å²) in [6, 6.07) is -0.708. The number of nitrogens with one attached hydrogen (secondary N) is 2. The van der Waals surface area contributed by atoms with Crippen molar-refractivity contribution in [1.29, 1.82) is 0 Å². The fourth-order valence-corrected chi connectivity index (χ4v) is 3.22. The second-order valence-electron chi connectivity index (χ2n) is 4.23. The van der Waals surface area contributed by atoms with Gasteiger partial charge in [0.05, 0.1) is 11.3 Å². The molecule has 1 aliphatic heterocycles. The predicted molar refractivity (Wildman–Crippen MR) is 61.5 cm³/mol. The maximum absolute atomic E-state index is 11.8. The average Bonchev–Trinajstić information content (AvgIpc) is 2.68. The Kier molecular flexibility index (Phi) is 4.28. The van der Waals surface area contributed by atoms with Crippen molar-refractivity contribution in [2.45, 2.75) is 24.6 Å². The lowest BCUT2D eigenvalue weighted by molar-refractivity contribution is -0.130. The summed E-state index contributed by atoms with van der Waals surface area (Å²) in [4.78, 5) is 12.9. The maximum Gasteiger partial charge on any atom is 0.239 e. The summed E-state index contributed by atoms with van der Waals surface area (Å²) in [5.74, 6) is -0.241. The molecule has 7 heteroatoms. The lowest BCUT2D eigenvalue weighted by Gasteiger charge is -2.20. The summed E-state index contributed by atoms with van der Waals surface area (Å²) >= 11 is 0.